The molecule has 1 aliphatic rings. The number of carbonyl (C=O) groups excluding carboxylic acids is 1. The van der Waals surface area contributed by atoms with Crippen molar-refractivity contribution < 1.29 is 14.4 Å². The molecule has 2 aromatic carbocycles. The van der Waals surface area contributed by atoms with Crippen LogP contribution in [0.25, 0.3) is 10.2 Å². The highest BCUT2D eigenvalue weighted by Gasteiger charge is 2.25. The first-order valence-corrected chi connectivity index (χ1v) is 10.7. The lowest BCUT2D eigenvalue weighted by molar-refractivity contribution is -0.906. The Kier molecular flexibility index (Phi) is 5.92. The first kappa shape index (κ1) is 19.3. The van der Waals surface area contributed by atoms with Crippen molar-refractivity contribution in [1.82, 2.24) is 4.98 Å². The van der Waals surface area contributed by atoms with Crippen molar-refractivity contribution in [2.24, 2.45) is 0 Å². The minimum absolute atomic E-state index is 0.103. The van der Waals surface area contributed by atoms with Crippen molar-refractivity contribution in [3.63, 3.8) is 0 Å². The topological polar surface area (TPSA) is 46.9 Å². The Morgan fingerprint density at radius 2 is 2.04 bits per heavy atom. The maximum Gasteiger partial charge on any atom is 0.261 e. The first-order chi connectivity index (χ1) is 13.6. The largest absolute Gasteiger partial charge is 0.370 e. The van der Waals surface area contributed by atoms with Crippen molar-refractivity contribution in [3.8, 4) is 0 Å². The summed E-state index contributed by atoms with van der Waals surface area (Å²) in [6.45, 7) is 6.99. The summed E-state index contributed by atoms with van der Waals surface area (Å²) in [5.41, 5.74) is 2.61. The van der Waals surface area contributed by atoms with Gasteiger partial charge in [-0.05, 0) is 36.8 Å². The van der Waals surface area contributed by atoms with Gasteiger partial charge in [-0.1, -0.05) is 41.1 Å². The molecule has 7 heteroatoms. The van der Waals surface area contributed by atoms with Crippen LogP contribution < -0.4 is 9.80 Å². The molecule has 1 saturated heterocycles. The number of aromatic nitrogens is 1. The highest BCUT2D eigenvalue weighted by molar-refractivity contribution is 7.22. The minimum Gasteiger partial charge on any atom is -0.370 e. The van der Waals surface area contributed by atoms with E-state index >= 15 is 0 Å². The van der Waals surface area contributed by atoms with Gasteiger partial charge in [0.25, 0.3) is 5.91 Å². The van der Waals surface area contributed by atoms with Gasteiger partial charge < -0.3 is 9.64 Å². The highest BCUT2D eigenvalue weighted by atomic mass is 35.5. The number of carbonyl (C=O) groups is 1. The molecule has 3 aromatic rings. The standard InChI is InChI=1S/C21H22ClN3O2S/c1-15-6-7-18-19(14-15)28-21(23-18)25(9-8-24-10-12-27-13-11-24)20(26)16-4-2-3-5-17(16)22/h2-7,14H,8-13H2,1H3/p+1. The van der Waals surface area contributed by atoms with Gasteiger partial charge in [0, 0.05) is 0 Å². The lowest BCUT2D eigenvalue weighted by Crippen LogP contribution is -3.14. The summed E-state index contributed by atoms with van der Waals surface area (Å²) >= 11 is 7.86. The van der Waals surface area contributed by atoms with Gasteiger partial charge >= 0.3 is 0 Å². The van der Waals surface area contributed by atoms with E-state index < -0.39 is 0 Å². The summed E-state index contributed by atoms with van der Waals surface area (Å²) in [7, 11) is 0. The van der Waals surface area contributed by atoms with Gasteiger partial charge in [0.1, 0.15) is 13.1 Å². The number of aryl methyl sites for hydroxylation is 1. The van der Waals surface area contributed by atoms with E-state index in [1.54, 1.807) is 28.4 Å². The molecule has 0 spiro atoms. The molecule has 1 aliphatic heterocycles. The fourth-order valence-electron chi connectivity index (χ4n) is 3.38. The minimum atomic E-state index is -0.103. The van der Waals surface area contributed by atoms with Gasteiger partial charge in [0.2, 0.25) is 0 Å². The van der Waals surface area contributed by atoms with E-state index in [9.17, 15) is 4.79 Å². The van der Waals surface area contributed by atoms with Crippen molar-refractivity contribution in [3.05, 3.63) is 58.6 Å². The molecule has 0 bridgehead atoms. The number of ether oxygens (including phenoxy) is 1. The van der Waals surface area contributed by atoms with Gasteiger partial charge in [0.15, 0.2) is 5.13 Å². The molecule has 0 aliphatic carbocycles. The second-order valence-electron chi connectivity index (χ2n) is 7.02. The molecule has 28 heavy (non-hydrogen) atoms. The van der Waals surface area contributed by atoms with Crippen LogP contribution in [0.4, 0.5) is 5.13 Å². The molecule has 2 heterocycles. The number of rotatable bonds is 5. The van der Waals surface area contributed by atoms with Crippen molar-refractivity contribution in [1.29, 1.82) is 0 Å². The van der Waals surface area contributed by atoms with E-state index in [1.165, 1.54) is 10.5 Å². The molecule has 0 unspecified atom stereocenters. The maximum atomic E-state index is 13.4. The molecule has 0 saturated carbocycles. The zero-order chi connectivity index (χ0) is 19.5. The van der Waals surface area contributed by atoms with Crippen LogP contribution in [-0.2, 0) is 4.74 Å². The van der Waals surface area contributed by atoms with Crippen LogP contribution >= 0.6 is 22.9 Å². The van der Waals surface area contributed by atoms with Gasteiger partial charge in [-0.15, -0.1) is 0 Å². The van der Waals surface area contributed by atoms with Gasteiger partial charge in [-0.2, -0.15) is 0 Å². The lowest BCUT2D eigenvalue weighted by atomic mass is 10.2. The number of fused-ring (bicyclic) bond motifs is 1. The van der Waals surface area contributed by atoms with Crippen LogP contribution in [0.3, 0.4) is 0 Å². The molecule has 4 rings (SSSR count). The zero-order valence-electron chi connectivity index (χ0n) is 15.8. The Labute approximate surface area is 173 Å². The Bertz CT molecular complexity index is 985. The number of hydrogen-bond donors (Lipinski definition) is 1. The molecule has 1 N–H and O–H groups in total. The maximum absolute atomic E-state index is 13.4. The zero-order valence-corrected chi connectivity index (χ0v) is 17.4. The van der Waals surface area contributed by atoms with Crippen LogP contribution in [0.15, 0.2) is 42.5 Å². The number of morpholine rings is 1. The Morgan fingerprint density at radius 1 is 1.25 bits per heavy atom. The highest BCUT2D eigenvalue weighted by Crippen LogP contribution is 2.31. The Morgan fingerprint density at radius 3 is 2.82 bits per heavy atom. The predicted molar refractivity (Wildman–Crippen MR) is 114 cm³/mol. The molecule has 0 atom stereocenters. The van der Waals surface area contributed by atoms with E-state index in [0.29, 0.717) is 17.1 Å². The third-order valence-corrected chi connectivity index (χ3v) is 6.37. The van der Waals surface area contributed by atoms with Gasteiger partial charge in [0.05, 0.1) is 47.1 Å². The van der Waals surface area contributed by atoms with Gasteiger partial charge in [-0.25, -0.2) is 4.98 Å². The second-order valence-corrected chi connectivity index (χ2v) is 8.43. The number of hydrogen-bond acceptors (Lipinski definition) is 4. The van der Waals surface area contributed by atoms with Crippen molar-refractivity contribution >= 4 is 44.2 Å². The van der Waals surface area contributed by atoms with Gasteiger partial charge in [-0.3, -0.25) is 9.69 Å². The summed E-state index contributed by atoms with van der Waals surface area (Å²) in [5.74, 6) is -0.103. The first-order valence-electron chi connectivity index (χ1n) is 9.47. The average Bonchev–Trinajstić information content (AvgIpc) is 3.12. The SMILES string of the molecule is Cc1ccc2nc(N(CC[NH+]3CCOCC3)C(=O)c3ccccc3Cl)sc2c1. The van der Waals surface area contributed by atoms with Crippen molar-refractivity contribution in [2.45, 2.75) is 6.92 Å². The number of quaternary nitrogens is 1. The molecule has 1 aromatic heterocycles. The normalized spacial score (nSPS) is 15.1. The molecule has 1 amide bonds. The third-order valence-electron chi connectivity index (χ3n) is 5.00. The van der Waals surface area contributed by atoms with E-state index in [-0.39, 0.29) is 5.91 Å². The number of anilines is 1. The fourth-order valence-corrected chi connectivity index (χ4v) is 4.68. The third kappa shape index (κ3) is 4.20. The number of halogens is 1. The summed E-state index contributed by atoms with van der Waals surface area (Å²) in [6, 6.07) is 13.4. The van der Waals surface area contributed by atoms with E-state index in [2.05, 4.69) is 13.0 Å². The van der Waals surface area contributed by atoms with E-state index in [0.717, 1.165) is 48.2 Å². The van der Waals surface area contributed by atoms with Crippen LogP contribution in [0.2, 0.25) is 5.02 Å². The summed E-state index contributed by atoms with van der Waals surface area (Å²) in [5, 5.41) is 1.19. The number of nitrogens with one attached hydrogen (secondary N) is 1. The summed E-state index contributed by atoms with van der Waals surface area (Å²) in [4.78, 5) is 21.3. The van der Waals surface area contributed by atoms with Crippen LogP contribution in [0, 0.1) is 6.92 Å². The molecule has 1 fully saturated rings. The molecule has 146 valence electrons. The summed E-state index contributed by atoms with van der Waals surface area (Å²) in [6.07, 6.45) is 0. The monoisotopic (exact) mass is 416 g/mol. The van der Waals surface area contributed by atoms with E-state index in [4.69, 9.17) is 21.3 Å². The average molecular weight is 417 g/mol. The number of benzene rings is 2. The van der Waals surface area contributed by atoms with Crippen LogP contribution in [0.5, 0.6) is 0 Å². The number of nitrogens with zero attached hydrogens (tertiary/aromatic N) is 2. The number of amides is 1. The predicted octanol–water partition coefficient (Wildman–Crippen LogP) is 2.82. The van der Waals surface area contributed by atoms with E-state index in [1.807, 2.05) is 24.3 Å². The quantitative estimate of drug-likeness (QED) is 0.695. The molecule has 5 nitrogen and oxygen atoms in total. The molecule has 0 radical (unpaired) electrons. The number of thiazole rings is 1. The summed E-state index contributed by atoms with van der Waals surface area (Å²) < 4.78 is 6.53. The molecular formula is C21H23ClN3O2S+. The Balaban J connectivity index is 1.65. The molecular weight excluding hydrogens is 394 g/mol. The van der Waals surface area contributed by atoms with Crippen molar-refractivity contribution in [2.75, 3.05) is 44.3 Å². The van der Waals surface area contributed by atoms with Crippen LogP contribution in [0.1, 0.15) is 15.9 Å². The fraction of sp³-hybridized carbons (Fsp3) is 0.333. The Hall–Kier alpha value is -1.99. The van der Waals surface area contributed by atoms with Crippen LogP contribution in [-0.4, -0.2) is 50.3 Å². The second kappa shape index (κ2) is 8.57. The lowest BCUT2D eigenvalue weighted by Gasteiger charge is -2.27. The smallest absolute Gasteiger partial charge is 0.261 e.